The van der Waals surface area contributed by atoms with Gasteiger partial charge in [0.15, 0.2) is 0 Å². The second-order valence-corrected chi connectivity index (χ2v) is 3.43. The van der Waals surface area contributed by atoms with Gasteiger partial charge in [-0.15, -0.1) is 0 Å². The summed E-state index contributed by atoms with van der Waals surface area (Å²) in [6, 6.07) is 3.97. The maximum atomic E-state index is 12.7. The summed E-state index contributed by atoms with van der Waals surface area (Å²) in [7, 11) is 0. The molecule has 0 N–H and O–H groups in total. The summed E-state index contributed by atoms with van der Waals surface area (Å²) < 4.78 is 30.7. The summed E-state index contributed by atoms with van der Waals surface area (Å²) in [6.45, 7) is 2.38. The van der Waals surface area contributed by atoms with Gasteiger partial charge in [0.1, 0.15) is 5.75 Å². The maximum Gasteiger partial charge on any atom is 0.267 e. The molecule has 0 saturated carbocycles. The van der Waals surface area contributed by atoms with Crippen LogP contribution in [0.4, 0.5) is 14.5 Å². The van der Waals surface area contributed by atoms with Crippen LogP contribution in [-0.2, 0) is 4.79 Å². The molecule has 0 bridgehead atoms. The lowest BCUT2D eigenvalue weighted by molar-refractivity contribution is 0.145. The average molecular weight is 241 g/mol. The van der Waals surface area contributed by atoms with Crippen molar-refractivity contribution in [2.45, 2.75) is 26.2 Å². The number of alkyl halides is 2. The normalized spacial score (nSPS) is 10.1. The topological polar surface area (TPSA) is 38.7 Å². The van der Waals surface area contributed by atoms with Gasteiger partial charge < -0.3 is 4.74 Å². The fraction of sp³-hybridized carbons (Fsp3) is 0.417. The third-order valence-corrected chi connectivity index (χ3v) is 2.16. The molecule has 1 rings (SSSR count). The van der Waals surface area contributed by atoms with E-state index in [1.165, 1.54) is 18.2 Å². The van der Waals surface area contributed by atoms with E-state index in [-0.39, 0.29) is 17.0 Å². The number of benzene rings is 1. The van der Waals surface area contributed by atoms with Crippen molar-refractivity contribution in [1.29, 1.82) is 0 Å². The van der Waals surface area contributed by atoms with E-state index in [2.05, 4.69) is 4.99 Å². The second-order valence-electron chi connectivity index (χ2n) is 3.43. The van der Waals surface area contributed by atoms with Crippen molar-refractivity contribution >= 4 is 11.8 Å². The third-order valence-electron chi connectivity index (χ3n) is 2.16. The Kier molecular flexibility index (Phi) is 5.30. The molecule has 1 aromatic carbocycles. The highest BCUT2D eigenvalue weighted by atomic mass is 19.3. The minimum absolute atomic E-state index is 0.137. The Morgan fingerprint density at radius 2 is 2.24 bits per heavy atom. The Hall–Kier alpha value is -1.74. The highest BCUT2D eigenvalue weighted by molar-refractivity contribution is 5.53. The molecular weight excluding hydrogens is 228 g/mol. The van der Waals surface area contributed by atoms with Crippen LogP contribution in [0.1, 0.15) is 31.8 Å². The van der Waals surface area contributed by atoms with Gasteiger partial charge in [-0.3, -0.25) is 0 Å². The van der Waals surface area contributed by atoms with Crippen molar-refractivity contribution in [3.05, 3.63) is 23.8 Å². The van der Waals surface area contributed by atoms with Crippen molar-refractivity contribution in [2.24, 2.45) is 4.99 Å². The fourth-order valence-electron chi connectivity index (χ4n) is 1.29. The summed E-state index contributed by atoms with van der Waals surface area (Å²) in [5.74, 6) is 0.137. The first-order valence-electron chi connectivity index (χ1n) is 5.31. The van der Waals surface area contributed by atoms with Gasteiger partial charge in [-0.2, -0.15) is 4.99 Å². The molecule has 0 heterocycles. The summed E-state index contributed by atoms with van der Waals surface area (Å²) in [4.78, 5) is 13.3. The van der Waals surface area contributed by atoms with Crippen LogP contribution >= 0.6 is 0 Å². The standard InChI is InChI=1S/C12H13F2NO2/c1-2-3-6-17-11-5-4-9(15-8-16)7-10(11)12(13)14/h4-5,7,12H,2-3,6H2,1H3. The van der Waals surface area contributed by atoms with Crippen molar-refractivity contribution < 1.29 is 18.3 Å². The number of aliphatic imine (C=N–C) groups is 1. The molecule has 0 aliphatic rings. The first kappa shape index (κ1) is 13.3. The fourth-order valence-corrected chi connectivity index (χ4v) is 1.29. The molecule has 0 aliphatic carbocycles. The van der Waals surface area contributed by atoms with Crippen molar-refractivity contribution in [3.63, 3.8) is 0 Å². The second kappa shape index (κ2) is 6.76. The highest BCUT2D eigenvalue weighted by Gasteiger charge is 2.14. The van der Waals surface area contributed by atoms with E-state index in [0.717, 1.165) is 18.9 Å². The van der Waals surface area contributed by atoms with Crippen molar-refractivity contribution in [3.8, 4) is 5.75 Å². The van der Waals surface area contributed by atoms with E-state index in [1.807, 2.05) is 6.92 Å². The molecule has 3 nitrogen and oxygen atoms in total. The van der Waals surface area contributed by atoms with Crippen molar-refractivity contribution in [2.75, 3.05) is 6.61 Å². The Morgan fingerprint density at radius 1 is 1.47 bits per heavy atom. The number of hydrogen-bond acceptors (Lipinski definition) is 3. The van der Waals surface area contributed by atoms with Gasteiger partial charge in [0.2, 0.25) is 6.08 Å². The van der Waals surface area contributed by atoms with Crippen LogP contribution in [0.15, 0.2) is 23.2 Å². The quantitative estimate of drug-likeness (QED) is 0.432. The molecule has 1 aromatic rings. The number of halogens is 2. The summed E-state index contributed by atoms with van der Waals surface area (Å²) >= 11 is 0. The molecular formula is C12H13F2NO2. The van der Waals surface area contributed by atoms with Crippen LogP contribution in [0.5, 0.6) is 5.75 Å². The van der Waals surface area contributed by atoms with E-state index in [4.69, 9.17) is 4.74 Å². The zero-order valence-electron chi connectivity index (χ0n) is 9.45. The van der Waals surface area contributed by atoms with Gasteiger partial charge in [0.05, 0.1) is 17.9 Å². The highest BCUT2D eigenvalue weighted by Crippen LogP contribution is 2.32. The van der Waals surface area contributed by atoms with Crippen LogP contribution in [0.3, 0.4) is 0 Å². The number of nitrogens with zero attached hydrogens (tertiary/aromatic N) is 1. The minimum Gasteiger partial charge on any atom is -0.493 e. The summed E-state index contributed by atoms with van der Waals surface area (Å²) in [5, 5.41) is 0. The lowest BCUT2D eigenvalue weighted by Gasteiger charge is -2.10. The van der Waals surface area contributed by atoms with Crippen LogP contribution in [0.2, 0.25) is 0 Å². The van der Waals surface area contributed by atoms with Gasteiger partial charge >= 0.3 is 0 Å². The minimum atomic E-state index is -2.66. The largest absolute Gasteiger partial charge is 0.493 e. The lowest BCUT2D eigenvalue weighted by atomic mass is 10.2. The third kappa shape index (κ3) is 3.96. The van der Waals surface area contributed by atoms with Gasteiger partial charge in [-0.05, 0) is 24.6 Å². The number of hydrogen-bond donors (Lipinski definition) is 0. The maximum absolute atomic E-state index is 12.7. The SMILES string of the molecule is CCCCOc1ccc(N=C=O)cc1C(F)F. The molecule has 0 amide bonds. The first-order valence-corrected chi connectivity index (χ1v) is 5.31. The van der Waals surface area contributed by atoms with E-state index < -0.39 is 6.43 Å². The van der Waals surface area contributed by atoms with E-state index >= 15 is 0 Å². The number of ether oxygens (including phenoxy) is 1. The van der Waals surface area contributed by atoms with Crippen LogP contribution in [0.25, 0.3) is 0 Å². The number of unbranched alkanes of at least 4 members (excludes halogenated alkanes) is 1. The molecule has 0 saturated heterocycles. The number of rotatable bonds is 6. The molecule has 5 heteroatoms. The predicted molar refractivity (Wildman–Crippen MR) is 59.6 cm³/mol. The van der Waals surface area contributed by atoms with Gasteiger partial charge in [0, 0.05) is 0 Å². The molecule has 0 fully saturated rings. The number of carbonyl (C=O) groups excluding carboxylic acids is 1. The molecule has 0 radical (unpaired) electrons. The zero-order valence-corrected chi connectivity index (χ0v) is 9.45. The van der Waals surface area contributed by atoms with E-state index in [1.54, 1.807) is 0 Å². The Labute approximate surface area is 98.1 Å². The molecule has 92 valence electrons. The zero-order chi connectivity index (χ0) is 12.7. The van der Waals surface area contributed by atoms with Gasteiger partial charge in [-0.25, -0.2) is 13.6 Å². The average Bonchev–Trinajstić information content (AvgIpc) is 2.31. The molecule has 17 heavy (non-hydrogen) atoms. The predicted octanol–water partition coefficient (Wildman–Crippen LogP) is 3.77. The summed E-state index contributed by atoms with van der Waals surface area (Å²) in [6.07, 6.45) is 0.383. The van der Waals surface area contributed by atoms with Gasteiger partial charge in [0.25, 0.3) is 6.43 Å². The molecule has 0 unspecified atom stereocenters. The molecule has 0 aliphatic heterocycles. The van der Waals surface area contributed by atoms with Crippen LogP contribution in [-0.4, -0.2) is 12.7 Å². The van der Waals surface area contributed by atoms with Gasteiger partial charge in [-0.1, -0.05) is 13.3 Å². The van der Waals surface area contributed by atoms with Crippen molar-refractivity contribution in [1.82, 2.24) is 0 Å². The molecule has 0 atom stereocenters. The Bertz CT molecular complexity index is 415. The Balaban J connectivity index is 2.92. The lowest BCUT2D eigenvalue weighted by Crippen LogP contribution is -2.00. The first-order chi connectivity index (χ1) is 8.19. The molecule has 0 spiro atoms. The van der Waals surface area contributed by atoms with Crippen LogP contribution in [0, 0.1) is 0 Å². The smallest absolute Gasteiger partial charge is 0.267 e. The number of isocyanates is 1. The monoisotopic (exact) mass is 241 g/mol. The van der Waals surface area contributed by atoms with E-state index in [0.29, 0.717) is 6.61 Å². The summed E-state index contributed by atoms with van der Waals surface area (Å²) in [5.41, 5.74) is -0.101. The Morgan fingerprint density at radius 3 is 2.82 bits per heavy atom. The molecule has 0 aromatic heterocycles. The van der Waals surface area contributed by atoms with Crippen LogP contribution < -0.4 is 4.74 Å². The van der Waals surface area contributed by atoms with E-state index in [9.17, 15) is 13.6 Å².